The Balaban J connectivity index is 0.000000520. The quantitative estimate of drug-likeness (QED) is 0.325. The van der Waals surface area contributed by atoms with Crippen LogP contribution < -0.4 is 5.32 Å². The molecule has 0 aliphatic carbocycles. The normalized spacial score (nSPS) is 11.8. The molecular weight excluding hydrogens is 399 g/mol. The third kappa shape index (κ3) is 7.40. The lowest BCUT2D eigenvalue weighted by Gasteiger charge is -2.18. The standard InChI is InChI=1S/C22H23FN2O.C6H6/c1-5-14-26-17(3)16(2)22(19-6-8-20(23)9-7-19)21(15-24-4)18-10-12-25-13-11-18;1-2-4-6-5-3-1/h5-15,24H,3H2,1-2,4H3;1-6H/b14-5-,21-15-,22-16+;. The third-order valence-corrected chi connectivity index (χ3v) is 4.49. The second-order valence-electron chi connectivity index (χ2n) is 6.75. The fourth-order valence-corrected chi connectivity index (χ4v) is 2.93. The minimum absolute atomic E-state index is 0.280. The van der Waals surface area contributed by atoms with E-state index in [2.05, 4.69) is 16.9 Å². The highest BCUT2D eigenvalue weighted by molar-refractivity contribution is 6.06. The lowest BCUT2D eigenvalue weighted by atomic mass is 9.89. The van der Waals surface area contributed by atoms with E-state index in [1.807, 2.05) is 75.6 Å². The zero-order chi connectivity index (χ0) is 23.2. The molecule has 4 heteroatoms. The molecule has 0 atom stereocenters. The summed E-state index contributed by atoms with van der Waals surface area (Å²) in [6.07, 6.45) is 8.76. The fraction of sp³-hybridized carbons (Fsp3) is 0.107. The van der Waals surface area contributed by atoms with Crippen molar-refractivity contribution in [1.29, 1.82) is 0 Å². The summed E-state index contributed by atoms with van der Waals surface area (Å²) in [4.78, 5) is 4.09. The molecular formula is C28H29FN2O. The number of allylic oxidation sites excluding steroid dienone is 4. The molecule has 0 fully saturated rings. The van der Waals surface area contributed by atoms with Crippen molar-refractivity contribution in [1.82, 2.24) is 10.3 Å². The van der Waals surface area contributed by atoms with Crippen molar-refractivity contribution >= 4 is 11.1 Å². The van der Waals surface area contributed by atoms with Gasteiger partial charge in [-0.25, -0.2) is 4.39 Å². The van der Waals surface area contributed by atoms with Gasteiger partial charge in [0.1, 0.15) is 11.6 Å². The molecule has 2 aromatic carbocycles. The minimum atomic E-state index is -0.280. The van der Waals surface area contributed by atoms with E-state index >= 15 is 0 Å². The molecule has 0 unspecified atom stereocenters. The lowest BCUT2D eigenvalue weighted by Crippen LogP contribution is -2.02. The van der Waals surface area contributed by atoms with E-state index in [1.54, 1.807) is 36.9 Å². The Hall–Kier alpha value is -3.92. The monoisotopic (exact) mass is 428 g/mol. The van der Waals surface area contributed by atoms with Gasteiger partial charge in [-0.3, -0.25) is 4.98 Å². The molecule has 0 radical (unpaired) electrons. The number of aromatic nitrogens is 1. The topological polar surface area (TPSA) is 34.1 Å². The number of benzene rings is 2. The molecule has 0 saturated carbocycles. The van der Waals surface area contributed by atoms with Crippen molar-refractivity contribution in [2.24, 2.45) is 0 Å². The van der Waals surface area contributed by atoms with Crippen molar-refractivity contribution in [2.45, 2.75) is 13.8 Å². The summed E-state index contributed by atoms with van der Waals surface area (Å²) in [5.41, 5.74) is 4.54. The SMILES string of the molecule is C=C(O/C=C\C)/C(C)=C(/C(=C\NC)c1ccncc1)c1ccc(F)cc1.c1ccccc1. The number of hydrogen-bond donors (Lipinski definition) is 1. The molecule has 164 valence electrons. The van der Waals surface area contributed by atoms with Gasteiger partial charge in [0.05, 0.1) is 6.26 Å². The number of pyridine rings is 1. The highest BCUT2D eigenvalue weighted by Gasteiger charge is 2.16. The van der Waals surface area contributed by atoms with Crippen molar-refractivity contribution < 1.29 is 9.13 Å². The van der Waals surface area contributed by atoms with Crippen LogP contribution >= 0.6 is 0 Å². The molecule has 3 aromatic rings. The van der Waals surface area contributed by atoms with Crippen molar-refractivity contribution in [3.63, 3.8) is 0 Å². The smallest absolute Gasteiger partial charge is 0.123 e. The van der Waals surface area contributed by atoms with Gasteiger partial charge in [0, 0.05) is 31.2 Å². The molecule has 0 bridgehead atoms. The number of nitrogens with one attached hydrogen (secondary N) is 1. The third-order valence-electron chi connectivity index (χ3n) is 4.49. The van der Waals surface area contributed by atoms with Crippen LogP contribution in [0.25, 0.3) is 11.1 Å². The van der Waals surface area contributed by atoms with E-state index < -0.39 is 0 Å². The zero-order valence-electron chi connectivity index (χ0n) is 18.8. The van der Waals surface area contributed by atoms with Gasteiger partial charge in [-0.1, -0.05) is 61.2 Å². The molecule has 32 heavy (non-hydrogen) atoms. The molecule has 0 spiro atoms. The van der Waals surface area contributed by atoms with Crippen LogP contribution in [0.3, 0.4) is 0 Å². The number of ether oxygens (including phenoxy) is 1. The number of hydrogen-bond acceptors (Lipinski definition) is 3. The molecule has 0 aliphatic rings. The Bertz CT molecular complexity index is 1030. The largest absolute Gasteiger partial charge is 0.466 e. The summed E-state index contributed by atoms with van der Waals surface area (Å²) in [7, 11) is 1.84. The summed E-state index contributed by atoms with van der Waals surface area (Å²) in [6, 6.07) is 22.2. The number of halogens is 1. The van der Waals surface area contributed by atoms with Gasteiger partial charge in [0.25, 0.3) is 0 Å². The summed E-state index contributed by atoms with van der Waals surface area (Å²) < 4.78 is 19.0. The Labute approximate surface area is 190 Å². The van der Waals surface area contributed by atoms with Crippen LogP contribution in [0.2, 0.25) is 0 Å². The van der Waals surface area contributed by atoms with Gasteiger partial charge in [-0.2, -0.15) is 0 Å². The fourth-order valence-electron chi connectivity index (χ4n) is 2.93. The summed E-state index contributed by atoms with van der Waals surface area (Å²) in [6.45, 7) is 7.84. The summed E-state index contributed by atoms with van der Waals surface area (Å²) in [5, 5.41) is 3.09. The van der Waals surface area contributed by atoms with Crippen LogP contribution in [0.4, 0.5) is 4.39 Å². The second kappa shape index (κ2) is 13.4. The maximum Gasteiger partial charge on any atom is 0.123 e. The van der Waals surface area contributed by atoms with Gasteiger partial charge in [-0.05, 0) is 60.4 Å². The first-order chi connectivity index (χ1) is 15.6. The average Bonchev–Trinajstić information content (AvgIpc) is 2.85. The first-order valence-electron chi connectivity index (χ1n) is 10.3. The van der Waals surface area contributed by atoms with Gasteiger partial charge in [0.15, 0.2) is 0 Å². The van der Waals surface area contributed by atoms with E-state index in [1.165, 1.54) is 12.1 Å². The van der Waals surface area contributed by atoms with Crippen LogP contribution in [0.1, 0.15) is 25.0 Å². The van der Waals surface area contributed by atoms with Crippen LogP contribution in [0.5, 0.6) is 0 Å². The molecule has 1 heterocycles. The Morgan fingerprint density at radius 2 is 1.50 bits per heavy atom. The predicted octanol–water partition coefficient (Wildman–Crippen LogP) is 7.01. The maximum atomic E-state index is 13.4. The maximum absolute atomic E-state index is 13.4. The van der Waals surface area contributed by atoms with Crippen LogP contribution in [-0.4, -0.2) is 12.0 Å². The Morgan fingerprint density at radius 1 is 0.938 bits per heavy atom. The van der Waals surface area contributed by atoms with E-state index in [0.29, 0.717) is 5.76 Å². The molecule has 1 aromatic heterocycles. The van der Waals surface area contributed by atoms with E-state index in [0.717, 1.165) is 27.8 Å². The molecule has 3 nitrogen and oxygen atoms in total. The van der Waals surface area contributed by atoms with Crippen molar-refractivity contribution in [3.05, 3.63) is 139 Å². The van der Waals surface area contributed by atoms with Crippen molar-refractivity contribution in [3.8, 4) is 0 Å². The number of rotatable bonds is 7. The van der Waals surface area contributed by atoms with Gasteiger partial charge >= 0.3 is 0 Å². The van der Waals surface area contributed by atoms with Crippen LogP contribution in [0, 0.1) is 5.82 Å². The first-order valence-corrected chi connectivity index (χ1v) is 10.3. The van der Waals surface area contributed by atoms with Gasteiger partial charge < -0.3 is 10.1 Å². The molecule has 0 aliphatic heterocycles. The van der Waals surface area contributed by atoms with E-state index in [-0.39, 0.29) is 5.82 Å². The molecule has 0 amide bonds. The molecule has 0 saturated heterocycles. The first kappa shape index (κ1) is 24.4. The summed E-state index contributed by atoms with van der Waals surface area (Å²) >= 11 is 0. The van der Waals surface area contributed by atoms with Crippen molar-refractivity contribution in [2.75, 3.05) is 7.05 Å². The predicted molar refractivity (Wildman–Crippen MR) is 132 cm³/mol. The van der Waals surface area contributed by atoms with E-state index in [9.17, 15) is 4.39 Å². The van der Waals surface area contributed by atoms with Crippen LogP contribution in [0.15, 0.2) is 122 Å². The Kier molecular flexibility index (Phi) is 10.2. The second-order valence-corrected chi connectivity index (χ2v) is 6.75. The molecule has 3 rings (SSSR count). The lowest BCUT2D eigenvalue weighted by molar-refractivity contribution is 0.363. The highest BCUT2D eigenvalue weighted by atomic mass is 19.1. The number of nitrogens with zero attached hydrogens (tertiary/aromatic N) is 1. The minimum Gasteiger partial charge on any atom is -0.466 e. The highest BCUT2D eigenvalue weighted by Crippen LogP contribution is 2.35. The van der Waals surface area contributed by atoms with Gasteiger partial charge in [-0.15, -0.1) is 0 Å². The van der Waals surface area contributed by atoms with Crippen LogP contribution in [-0.2, 0) is 4.74 Å². The Morgan fingerprint density at radius 3 is 2.00 bits per heavy atom. The average molecular weight is 429 g/mol. The summed E-state index contributed by atoms with van der Waals surface area (Å²) in [5.74, 6) is 0.247. The zero-order valence-corrected chi connectivity index (χ0v) is 18.8. The molecule has 1 N–H and O–H groups in total. The van der Waals surface area contributed by atoms with E-state index in [4.69, 9.17) is 4.74 Å². The van der Waals surface area contributed by atoms with Gasteiger partial charge in [0.2, 0.25) is 0 Å².